The van der Waals surface area contributed by atoms with E-state index in [0.717, 1.165) is 24.0 Å². The van der Waals surface area contributed by atoms with Gasteiger partial charge in [0.2, 0.25) is 0 Å². The van der Waals surface area contributed by atoms with E-state index in [-0.39, 0.29) is 0 Å². The molecule has 2 nitrogen and oxygen atoms in total. The molecule has 0 spiro atoms. The summed E-state index contributed by atoms with van der Waals surface area (Å²) >= 11 is 0. The predicted molar refractivity (Wildman–Crippen MR) is 89.9 cm³/mol. The Hall–Kier alpha value is -1.02. The molecule has 0 heterocycles. The van der Waals surface area contributed by atoms with Gasteiger partial charge in [0.25, 0.3) is 0 Å². The van der Waals surface area contributed by atoms with Crippen molar-refractivity contribution in [3.8, 4) is 5.75 Å². The van der Waals surface area contributed by atoms with E-state index in [1.807, 2.05) is 6.07 Å². The highest BCUT2D eigenvalue weighted by Gasteiger charge is 2.27. The number of hydrogen-bond donors (Lipinski definition) is 1. The van der Waals surface area contributed by atoms with Crippen LogP contribution in [0.4, 0.5) is 0 Å². The van der Waals surface area contributed by atoms with E-state index < -0.39 is 0 Å². The maximum atomic E-state index is 5.50. The molecule has 1 N–H and O–H groups in total. The number of hydrogen-bond acceptors (Lipinski definition) is 2. The molecule has 0 amide bonds. The molecule has 1 unspecified atom stereocenters. The molecule has 0 bridgehead atoms. The number of likely N-dealkylation sites (N-methyl/N-ethyl adjacent to an activating group) is 1. The molecule has 2 heteroatoms. The largest absolute Gasteiger partial charge is 0.496 e. The van der Waals surface area contributed by atoms with Crippen LogP contribution in [0, 0.1) is 11.8 Å². The fourth-order valence-electron chi connectivity index (χ4n) is 3.90. The molecule has 1 fully saturated rings. The molecule has 1 aromatic rings. The number of methoxy groups -OCH3 is 1. The van der Waals surface area contributed by atoms with Gasteiger partial charge in [0, 0.05) is 6.04 Å². The minimum absolute atomic E-state index is 0.573. The van der Waals surface area contributed by atoms with Crippen molar-refractivity contribution in [2.24, 2.45) is 11.8 Å². The van der Waals surface area contributed by atoms with E-state index in [1.54, 1.807) is 7.11 Å². The maximum absolute atomic E-state index is 5.50. The number of para-hydroxylation sites is 1. The van der Waals surface area contributed by atoms with Crippen molar-refractivity contribution in [2.75, 3.05) is 14.2 Å². The van der Waals surface area contributed by atoms with Gasteiger partial charge in [-0.3, -0.25) is 0 Å². The summed E-state index contributed by atoms with van der Waals surface area (Å²) in [7, 11) is 3.88. The molecule has 1 atom stereocenters. The van der Waals surface area contributed by atoms with Gasteiger partial charge in [0.05, 0.1) is 7.11 Å². The van der Waals surface area contributed by atoms with E-state index in [2.05, 4.69) is 37.5 Å². The fourth-order valence-corrected chi connectivity index (χ4v) is 3.90. The van der Waals surface area contributed by atoms with Crippen LogP contribution in [-0.4, -0.2) is 20.2 Å². The standard InChI is InChI=1S/C19H31NO/c1-4-7-15-10-12-16(13-11-15)18(20-2)14-17-8-5-6-9-19(17)21-3/h5-6,8-9,15-16,18,20H,4,7,10-14H2,1-3H3. The lowest BCUT2D eigenvalue weighted by atomic mass is 9.76. The average molecular weight is 289 g/mol. The molecule has 1 aliphatic carbocycles. The third kappa shape index (κ3) is 4.47. The van der Waals surface area contributed by atoms with Gasteiger partial charge in [-0.25, -0.2) is 0 Å². The molecule has 1 aliphatic rings. The quantitative estimate of drug-likeness (QED) is 0.801. The van der Waals surface area contributed by atoms with Crippen molar-refractivity contribution in [3.63, 3.8) is 0 Å². The number of rotatable bonds is 7. The number of ether oxygens (including phenoxy) is 1. The van der Waals surface area contributed by atoms with Crippen molar-refractivity contribution < 1.29 is 4.74 Å². The highest BCUT2D eigenvalue weighted by atomic mass is 16.5. The Bertz CT molecular complexity index is 410. The average Bonchev–Trinajstić information content (AvgIpc) is 2.54. The monoisotopic (exact) mass is 289 g/mol. The Morgan fingerprint density at radius 1 is 1.19 bits per heavy atom. The van der Waals surface area contributed by atoms with E-state index in [9.17, 15) is 0 Å². The van der Waals surface area contributed by atoms with Gasteiger partial charge in [-0.05, 0) is 49.8 Å². The summed E-state index contributed by atoms with van der Waals surface area (Å²) in [5.41, 5.74) is 1.33. The van der Waals surface area contributed by atoms with Gasteiger partial charge in [-0.2, -0.15) is 0 Å². The number of nitrogens with one attached hydrogen (secondary N) is 1. The molecule has 118 valence electrons. The molecule has 1 saturated carbocycles. The van der Waals surface area contributed by atoms with Crippen molar-refractivity contribution >= 4 is 0 Å². The van der Waals surface area contributed by atoms with E-state index in [0.29, 0.717) is 6.04 Å². The second-order valence-electron chi connectivity index (χ2n) is 6.48. The molecular weight excluding hydrogens is 258 g/mol. The Kier molecular flexibility index (Phi) is 6.56. The summed E-state index contributed by atoms with van der Waals surface area (Å²) in [4.78, 5) is 0. The predicted octanol–water partition coefficient (Wildman–Crippen LogP) is 4.43. The van der Waals surface area contributed by atoms with Gasteiger partial charge in [-0.1, -0.05) is 50.8 Å². The molecular formula is C19H31NO. The smallest absolute Gasteiger partial charge is 0.122 e. The van der Waals surface area contributed by atoms with Crippen molar-refractivity contribution in [3.05, 3.63) is 29.8 Å². The van der Waals surface area contributed by atoms with Crippen LogP contribution in [0.3, 0.4) is 0 Å². The highest BCUT2D eigenvalue weighted by Crippen LogP contribution is 2.34. The minimum Gasteiger partial charge on any atom is -0.496 e. The van der Waals surface area contributed by atoms with E-state index in [4.69, 9.17) is 4.74 Å². The zero-order valence-corrected chi connectivity index (χ0v) is 13.9. The van der Waals surface area contributed by atoms with Gasteiger partial charge in [0.1, 0.15) is 5.75 Å². The maximum Gasteiger partial charge on any atom is 0.122 e. The summed E-state index contributed by atoms with van der Waals surface area (Å²) in [5, 5.41) is 3.56. The lowest BCUT2D eigenvalue weighted by molar-refractivity contribution is 0.217. The Morgan fingerprint density at radius 3 is 2.52 bits per heavy atom. The lowest BCUT2D eigenvalue weighted by Gasteiger charge is -2.34. The molecule has 21 heavy (non-hydrogen) atoms. The van der Waals surface area contributed by atoms with Crippen LogP contribution >= 0.6 is 0 Å². The molecule has 0 aromatic heterocycles. The molecule has 0 aliphatic heterocycles. The second-order valence-corrected chi connectivity index (χ2v) is 6.48. The Labute approximate surface area is 130 Å². The third-order valence-corrected chi connectivity index (χ3v) is 5.16. The summed E-state index contributed by atoms with van der Waals surface area (Å²) in [6.07, 6.45) is 9.43. The van der Waals surface area contributed by atoms with Gasteiger partial charge < -0.3 is 10.1 Å². The van der Waals surface area contributed by atoms with Crippen LogP contribution in [0.1, 0.15) is 51.0 Å². The first kappa shape index (κ1) is 16.4. The van der Waals surface area contributed by atoms with E-state index >= 15 is 0 Å². The highest BCUT2D eigenvalue weighted by molar-refractivity contribution is 5.34. The number of benzene rings is 1. The van der Waals surface area contributed by atoms with Crippen LogP contribution in [-0.2, 0) is 6.42 Å². The van der Waals surface area contributed by atoms with Crippen molar-refractivity contribution in [1.82, 2.24) is 5.32 Å². The van der Waals surface area contributed by atoms with Crippen LogP contribution in [0.25, 0.3) is 0 Å². The first-order valence-corrected chi connectivity index (χ1v) is 8.57. The van der Waals surface area contributed by atoms with Gasteiger partial charge in [-0.15, -0.1) is 0 Å². The van der Waals surface area contributed by atoms with E-state index in [1.165, 1.54) is 44.1 Å². The Morgan fingerprint density at radius 2 is 1.90 bits per heavy atom. The molecule has 1 aromatic carbocycles. The van der Waals surface area contributed by atoms with Gasteiger partial charge in [0.15, 0.2) is 0 Å². The van der Waals surface area contributed by atoms with Gasteiger partial charge >= 0.3 is 0 Å². The Balaban J connectivity index is 1.94. The molecule has 2 rings (SSSR count). The van der Waals surface area contributed by atoms with Crippen LogP contribution < -0.4 is 10.1 Å². The minimum atomic E-state index is 0.573. The zero-order valence-electron chi connectivity index (χ0n) is 13.9. The third-order valence-electron chi connectivity index (χ3n) is 5.16. The topological polar surface area (TPSA) is 21.3 Å². The van der Waals surface area contributed by atoms with Crippen molar-refractivity contribution in [1.29, 1.82) is 0 Å². The molecule has 0 saturated heterocycles. The summed E-state index contributed by atoms with van der Waals surface area (Å²) in [5.74, 6) is 2.82. The summed E-state index contributed by atoms with van der Waals surface area (Å²) in [6.45, 7) is 2.31. The van der Waals surface area contributed by atoms with Crippen LogP contribution in [0.2, 0.25) is 0 Å². The summed E-state index contributed by atoms with van der Waals surface area (Å²) < 4.78 is 5.50. The zero-order chi connectivity index (χ0) is 15.1. The normalized spacial score (nSPS) is 23.8. The first-order valence-electron chi connectivity index (χ1n) is 8.57. The molecule has 0 radical (unpaired) electrons. The second kappa shape index (κ2) is 8.43. The van der Waals surface area contributed by atoms with Crippen molar-refractivity contribution in [2.45, 2.75) is 57.9 Å². The SMILES string of the molecule is CCCC1CCC(C(Cc2ccccc2OC)NC)CC1. The summed E-state index contributed by atoms with van der Waals surface area (Å²) in [6, 6.07) is 9.01. The fraction of sp³-hybridized carbons (Fsp3) is 0.684. The van der Waals surface area contributed by atoms with Crippen LogP contribution in [0.15, 0.2) is 24.3 Å². The van der Waals surface area contributed by atoms with Crippen LogP contribution in [0.5, 0.6) is 5.75 Å². The lowest BCUT2D eigenvalue weighted by Crippen LogP contribution is -2.37. The first-order chi connectivity index (χ1) is 10.3.